The maximum absolute atomic E-state index is 12.7. The lowest BCUT2D eigenvalue weighted by Crippen LogP contribution is -2.38. The molecule has 124 valence electrons. The number of nitrogens with zero attached hydrogens (tertiary/aromatic N) is 1. The first-order chi connectivity index (χ1) is 11.0. The van der Waals surface area contributed by atoms with E-state index in [4.69, 9.17) is 0 Å². The van der Waals surface area contributed by atoms with Crippen LogP contribution in [-0.4, -0.2) is 36.9 Å². The van der Waals surface area contributed by atoms with Crippen LogP contribution >= 0.6 is 0 Å². The van der Waals surface area contributed by atoms with E-state index in [-0.39, 0.29) is 23.1 Å². The Morgan fingerprint density at radius 3 is 2.48 bits per heavy atom. The lowest BCUT2D eigenvalue weighted by atomic mass is 9.76. The van der Waals surface area contributed by atoms with Gasteiger partial charge in [0, 0.05) is 25.6 Å². The molecule has 0 radical (unpaired) electrons. The van der Waals surface area contributed by atoms with Crippen molar-refractivity contribution in [2.45, 2.75) is 39.0 Å². The topological polar surface area (TPSA) is 49.4 Å². The van der Waals surface area contributed by atoms with Gasteiger partial charge in [0.25, 0.3) is 0 Å². The third-order valence-corrected chi connectivity index (χ3v) is 5.64. The van der Waals surface area contributed by atoms with Gasteiger partial charge in [-0.3, -0.25) is 9.59 Å². The summed E-state index contributed by atoms with van der Waals surface area (Å²) in [5.74, 6) is 0.195. The average Bonchev–Trinajstić information content (AvgIpc) is 3.17. The number of rotatable bonds is 3. The summed E-state index contributed by atoms with van der Waals surface area (Å²) in [6.07, 6.45) is 4.91. The molecule has 3 rings (SSSR count). The summed E-state index contributed by atoms with van der Waals surface area (Å²) in [6.45, 7) is 3.37. The number of benzene rings is 1. The molecule has 23 heavy (non-hydrogen) atoms. The average molecular weight is 314 g/mol. The summed E-state index contributed by atoms with van der Waals surface area (Å²) in [4.78, 5) is 26.9. The molecule has 1 heterocycles. The molecule has 0 aromatic heterocycles. The Bertz CT molecular complexity index is 588. The number of nitrogens with one attached hydrogen (secondary N) is 1. The molecule has 1 aromatic rings. The number of carbonyl (C=O) groups is 2. The number of hydrogen-bond donors (Lipinski definition) is 1. The van der Waals surface area contributed by atoms with Crippen LogP contribution in [0, 0.1) is 18.3 Å². The largest absolute Gasteiger partial charge is 0.359 e. The molecule has 1 spiro atoms. The highest BCUT2D eigenvalue weighted by Crippen LogP contribution is 2.49. The first-order valence-electron chi connectivity index (χ1n) is 8.59. The summed E-state index contributed by atoms with van der Waals surface area (Å²) >= 11 is 0. The summed E-state index contributed by atoms with van der Waals surface area (Å²) in [5, 5.41) is 2.80. The van der Waals surface area contributed by atoms with E-state index in [1.54, 1.807) is 7.05 Å². The fraction of sp³-hybridized carbons (Fsp3) is 0.579. The van der Waals surface area contributed by atoms with Crippen LogP contribution in [0.4, 0.5) is 0 Å². The van der Waals surface area contributed by atoms with Crippen LogP contribution in [0.1, 0.15) is 36.8 Å². The lowest BCUT2D eigenvalue weighted by molar-refractivity contribution is -0.130. The van der Waals surface area contributed by atoms with Crippen molar-refractivity contribution >= 4 is 11.8 Å². The van der Waals surface area contributed by atoms with Crippen LogP contribution in [0.25, 0.3) is 0 Å². The molecule has 2 fully saturated rings. The molecule has 1 aliphatic heterocycles. The molecule has 1 aliphatic carbocycles. The van der Waals surface area contributed by atoms with Gasteiger partial charge in [-0.05, 0) is 25.3 Å². The second-order valence-electron chi connectivity index (χ2n) is 7.17. The quantitative estimate of drug-likeness (QED) is 0.931. The normalized spacial score (nSPS) is 22.5. The van der Waals surface area contributed by atoms with Gasteiger partial charge in [0.1, 0.15) is 0 Å². The zero-order valence-electron chi connectivity index (χ0n) is 14.1. The van der Waals surface area contributed by atoms with Crippen LogP contribution in [0.5, 0.6) is 0 Å². The van der Waals surface area contributed by atoms with Gasteiger partial charge in [0.05, 0.1) is 12.3 Å². The van der Waals surface area contributed by atoms with Crippen molar-refractivity contribution < 1.29 is 9.59 Å². The van der Waals surface area contributed by atoms with Gasteiger partial charge in [-0.1, -0.05) is 42.7 Å². The monoisotopic (exact) mass is 314 g/mol. The molecular formula is C19H26N2O2. The Morgan fingerprint density at radius 2 is 1.87 bits per heavy atom. The highest BCUT2D eigenvalue weighted by atomic mass is 16.2. The number of aryl methyl sites for hydroxylation is 1. The molecule has 4 nitrogen and oxygen atoms in total. The van der Waals surface area contributed by atoms with Crippen LogP contribution in [-0.2, 0) is 16.0 Å². The predicted octanol–water partition coefficient (Wildman–Crippen LogP) is 2.30. The minimum absolute atomic E-state index is 0.0169. The number of likely N-dealkylation sites (tertiary alicyclic amines) is 1. The Balaban J connectivity index is 1.72. The SMILES string of the molecule is CNC(=O)C1CN(C(=O)Cc2ccc(C)cc2)CC12CCCC2. The molecule has 1 unspecified atom stereocenters. The summed E-state index contributed by atoms with van der Waals surface area (Å²) in [7, 11) is 1.70. The van der Waals surface area contributed by atoms with Crippen molar-refractivity contribution in [2.75, 3.05) is 20.1 Å². The Morgan fingerprint density at radius 1 is 1.22 bits per heavy atom. The third-order valence-electron chi connectivity index (χ3n) is 5.64. The van der Waals surface area contributed by atoms with Gasteiger partial charge in [0.2, 0.25) is 11.8 Å². The highest BCUT2D eigenvalue weighted by Gasteiger charge is 2.51. The molecule has 2 aliphatic rings. The number of hydrogen-bond acceptors (Lipinski definition) is 2. The van der Waals surface area contributed by atoms with Crippen molar-refractivity contribution in [1.29, 1.82) is 0 Å². The van der Waals surface area contributed by atoms with E-state index in [9.17, 15) is 9.59 Å². The Labute approximate surface area is 138 Å². The summed E-state index contributed by atoms with van der Waals surface area (Å²) in [6, 6.07) is 8.12. The zero-order chi connectivity index (χ0) is 16.4. The van der Waals surface area contributed by atoms with E-state index >= 15 is 0 Å². The number of carbonyl (C=O) groups excluding carboxylic acids is 2. The van der Waals surface area contributed by atoms with E-state index in [0.717, 1.165) is 24.9 Å². The smallest absolute Gasteiger partial charge is 0.227 e. The van der Waals surface area contributed by atoms with Crippen molar-refractivity contribution in [3.05, 3.63) is 35.4 Å². The van der Waals surface area contributed by atoms with Gasteiger partial charge in [-0.25, -0.2) is 0 Å². The molecule has 2 amide bonds. The first-order valence-corrected chi connectivity index (χ1v) is 8.59. The minimum Gasteiger partial charge on any atom is -0.359 e. The van der Waals surface area contributed by atoms with Gasteiger partial charge in [-0.2, -0.15) is 0 Å². The van der Waals surface area contributed by atoms with Gasteiger partial charge in [-0.15, -0.1) is 0 Å². The second-order valence-corrected chi connectivity index (χ2v) is 7.17. The Kier molecular flexibility index (Phi) is 4.42. The van der Waals surface area contributed by atoms with E-state index in [1.807, 2.05) is 36.1 Å². The maximum atomic E-state index is 12.7. The van der Waals surface area contributed by atoms with E-state index in [0.29, 0.717) is 13.0 Å². The standard InChI is InChI=1S/C19H26N2O2/c1-14-5-7-15(8-6-14)11-17(22)21-12-16(18(23)20-2)19(13-21)9-3-4-10-19/h5-8,16H,3-4,9-13H2,1-2H3,(H,20,23). The van der Waals surface area contributed by atoms with Crippen LogP contribution in [0.2, 0.25) is 0 Å². The van der Waals surface area contributed by atoms with Crippen LogP contribution in [0.3, 0.4) is 0 Å². The highest BCUT2D eigenvalue weighted by molar-refractivity contribution is 5.84. The minimum atomic E-state index is -0.0445. The van der Waals surface area contributed by atoms with Gasteiger partial charge < -0.3 is 10.2 Å². The van der Waals surface area contributed by atoms with Crippen LogP contribution in [0.15, 0.2) is 24.3 Å². The lowest BCUT2D eigenvalue weighted by Gasteiger charge is -2.28. The van der Waals surface area contributed by atoms with Crippen molar-refractivity contribution in [3.63, 3.8) is 0 Å². The fourth-order valence-electron chi connectivity index (χ4n) is 4.27. The van der Waals surface area contributed by atoms with Crippen LogP contribution < -0.4 is 5.32 Å². The first kappa shape index (κ1) is 16.0. The molecule has 1 saturated heterocycles. The predicted molar refractivity (Wildman–Crippen MR) is 89.9 cm³/mol. The molecule has 1 N–H and O–H groups in total. The third kappa shape index (κ3) is 3.12. The van der Waals surface area contributed by atoms with E-state index in [2.05, 4.69) is 5.32 Å². The van der Waals surface area contributed by atoms with Crippen molar-refractivity contribution in [3.8, 4) is 0 Å². The van der Waals surface area contributed by atoms with Crippen molar-refractivity contribution in [1.82, 2.24) is 10.2 Å². The molecule has 1 atom stereocenters. The van der Waals surface area contributed by atoms with E-state index in [1.165, 1.54) is 18.4 Å². The van der Waals surface area contributed by atoms with E-state index < -0.39 is 0 Å². The van der Waals surface area contributed by atoms with Gasteiger partial charge >= 0.3 is 0 Å². The second kappa shape index (κ2) is 6.34. The maximum Gasteiger partial charge on any atom is 0.227 e. The Hall–Kier alpha value is -1.84. The van der Waals surface area contributed by atoms with Gasteiger partial charge in [0.15, 0.2) is 0 Å². The molecule has 1 saturated carbocycles. The molecule has 1 aromatic carbocycles. The number of amides is 2. The van der Waals surface area contributed by atoms with Crippen molar-refractivity contribution in [2.24, 2.45) is 11.3 Å². The summed E-state index contributed by atoms with van der Waals surface area (Å²) < 4.78 is 0. The summed E-state index contributed by atoms with van der Waals surface area (Å²) in [5.41, 5.74) is 2.26. The zero-order valence-corrected chi connectivity index (χ0v) is 14.1. The molecule has 4 heteroatoms. The molecule has 0 bridgehead atoms. The molecular weight excluding hydrogens is 288 g/mol. The fourth-order valence-corrected chi connectivity index (χ4v) is 4.27.